The number of aromatic nitrogens is 3. The van der Waals surface area contributed by atoms with Gasteiger partial charge in [-0.15, -0.1) is 11.3 Å². The van der Waals surface area contributed by atoms with Gasteiger partial charge in [-0.25, -0.2) is 9.97 Å². The minimum absolute atomic E-state index is 0.0597. The summed E-state index contributed by atoms with van der Waals surface area (Å²) in [5.41, 5.74) is 7.42. The molecule has 0 aliphatic carbocycles. The number of nitrogens with two attached hydrogens (primary N) is 1. The molecular formula is C12H16N4S. The number of nitrogen functional groups attached to an aromatic ring is 1. The first-order valence-corrected chi connectivity index (χ1v) is 6.27. The van der Waals surface area contributed by atoms with Crippen molar-refractivity contribution in [2.45, 2.75) is 26.3 Å². The number of thiazole rings is 1. The van der Waals surface area contributed by atoms with Gasteiger partial charge >= 0.3 is 0 Å². The van der Waals surface area contributed by atoms with E-state index >= 15 is 0 Å². The van der Waals surface area contributed by atoms with Gasteiger partial charge in [-0.1, -0.05) is 0 Å². The van der Waals surface area contributed by atoms with Gasteiger partial charge in [0.15, 0.2) is 5.13 Å². The third-order valence-electron chi connectivity index (χ3n) is 2.34. The van der Waals surface area contributed by atoms with Crippen LogP contribution < -0.4 is 5.73 Å². The predicted molar refractivity (Wildman–Crippen MR) is 72.7 cm³/mol. The molecule has 2 rings (SSSR count). The SMILES string of the molecule is CC(C)(C)n1cnc(C=Cc2csc(N)n2)c1. The highest BCUT2D eigenvalue weighted by atomic mass is 32.1. The van der Waals surface area contributed by atoms with Crippen LogP contribution in [0.5, 0.6) is 0 Å². The van der Waals surface area contributed by atoms with Crippen LogP contribution in [-0.4, -0.2) is 14.5 Å². The third kappa shape index (κ3) is 2.94. The molecule has 0 spiro atoms. The molecule has 0 radical (unpaired) electrons. The fraction of sp³-hybridized carbons (Fsp3) is 0.333. The summed E-state index contributed by atoms with van der Waals surface area (Å²) in [7, 11) is 0. The summed E-state index contributed by atoms with van der Waals surface area (Å²) in [5.74, 6) is 0. The zero-order chi connectivity index (χ0) is 12.5. The van der Waals surface area contributed by atoms with E-state index in [2.05, 4.69) is 35.3 Å². The van der Waals surface area contributed by atoms with Crippen LogP contribution in [0.3, 0.4) is 0 Å². The second-order valence-corrected chi connectivity index (χ2v) is 5.71. The average Bonchev–Trinajstić information content (AvgIpc) is 2.82. The van der Waals surface area contributed by atoms with Gasteiger partial charge in [-0.3, -0.25) is 0 Å². The lowest BCUT2D eigenvalue weighted by Crippen LogP contribution is -2.19. The van der Waals surface area contributed by atoms with Gasteiger partial charge in [0.05, 0.1) is 17.7 Å². The Balaban J connectivity index is 2.14. The summed E-state index contributed by atoms with van der Waals surface area (Å²) in [5, 5.41) is 2.51. The van der Waals surface area contributed by atoms with E-state index in [1.807, 2.05) is 30.1 Å². The summed E-state index contributed by atoms with van der Waals surface area (Å²) < 4.78 is 2.09. The van der Waals surface area contributed by atoms with Gasteiger partial charge in [-0.05, 0) is 32.9 Å². The van der Waals surface area contributed by atoms with Crippen LogP contribution in [0.4, 0.5) is 5.13 Å². The molecule has 17 heavy (non-hydrogen) atoms. The quantitative estimate of drug-likeness (QED) is 0.889. The van der Waals surface area contributed by atoms with Crippen molar-refractivity contribution in [3.63, 3.8) is 0 Å². The number of hydrogen-bond donors (Lipinski definition) is 1. The predicted octanol–water partition coefficient (Wildman–Crippen LogP) is 2.85. The maximum Gasteiger partial charge on any atom is 0.180 e. The fourth-order valence-electron chi connectivity index (χ4n) is 1.34. The molecule has 0 atom stereocenters. The van der Waals surface area contributed by atoms with E-state index in [1.54, 1.807) is 0 Å². The maximum atomic E-state index is 5.56. The normalized spacial score (nSPS) is 12.4. The summed E-state index contributed by atoms with van der Waals surface area (Å²) in [6.07, 6.45) is 7.72. The van der Waals surface area contributed by atoms with E-state index in [0.29, 0.717) is 5.13 Å². The van der Waals surface area contributed by atoms with Crippen LogP contribution in [0.2, 0.25) is 0 Å². The molecule has 2 aromatic rings. The van der Waals surface area contributed by atoms with Crippen molar-refractivity contribution in [2.24, 2.45) is 0 Å². The summed E-state index contributed by atoms with van der Waals surface area (Å²) >= 11 is 1.44. The zero-order valence-corrected chi connectivity index (χ0v) is 11.0. The number of hydrogen-bond acceptors (Lipinski definition) is 4. The molecule has 0 saturated carbocycles. The van der Waals surface area contributed by atoms with E-state index < -0.39 is 0 Å². The molecule has 0 amide bonds. The Labute approximate surface area is 105 Å². The highest BCUT2D eigenvalue weighted by Crippen LogP contribution is 2.16. The Kier molecular flexibility index (Phi) is 3.02. The Morgan fingerprint density at radius 1 is 1.29 bits per heavy atom. The molecule has 0 saturated heterocycles. The van der Waals surface area contributed by atoms with E-state index in [-0.39, 0.29) is 5.54 Å². The second kappa shape index (κ2) is 4.33. The first-order valence-electron chi connectivity index (χ1n) is 5.39. The van der Waals surface area contributed by atoms with Gasteiger partial charge < -0.3 is 10.3 Å². The lowest BCUT2D eigenvalue weighted by Gasteiger charge is -2.19. The lowest BCUT2D eigenvalue weighted by atomic mass is 10.1. The van der Waals surface area contributed by atoms with Crippen molar-refractivity contribution in [1.82, 2.24) is 14.5 Å². The summed E-state index contributed by atoms with van der Waals surface area (Å²) in [6, 6.07) is 0. The van der Waals surface area contributed by atoms with Crippen molar-refractivity contribution in [2.75, 3.05) is 5.73 Å². The molecule has 0 aliphatic rings. The molecule has 0 aliphatic heterocycles. The minimum atomic E-state index is 0.0597. The molecule has 5 heteroatoms. The molecule has 0 bridgehead atoms. The Morgan fingerprint density at radius 2 is 2.00 bits per heavy atom. The van der Waals surface area contributed by atoms with Crippen LogP contribution in [0.25, 0.3) is 12.2 Å². The largest absolute Gasteiger partial charge is 0.375 e. The second-order valence-electron chi connectivity index (χ2n) is 4.82. The molecule has 0 fully saturated rings. The monoisotopic (exact) mass is 248 g/mol. The first kappa shape index (κ1) is 11.9. The van der Waals surface area contributed by atoms with Crippen LogP contribution in [0.1, 0.15) is 32.2 Å². The van der Waals surface area contributed by atoms with Crippen molar-refractivity contribution in [1.29, 1.82) is 0 Å². The van der Waals surface area contributed by atoms with E-state index in [9.17, 15) is 0 Å². The van der Waals surface area contributed by atoms with Gasteiger partial charge in [0.2, 0.25) is 0 Å². The third-order valence-corrected chi connectivity index (χ3v) is 3.03. The first-order chi connectivity index (χ1) is 7.95. The smallest absolute Gasteiger partial charge is 0.180 e. The van der Waals surface area contributed by atoms with Gasteiger partial charge in [0.1, 0.15) is 0 Å². The Morgan fingerprint density at radius 3 is 2.53 bits per heavy atom. The summed E-state index contributed by atoms with van der Waals surface area (Å²) in [4.78, 5) is 8.48. The number of imidazole rings is 1. The van der Waals surface area contributed by atoms with Crippen molar-refractivity contribution in [3.05, 3.63) is 29.3 Å². The van der Waals surface area contributed by atoms with E-state index in [4.69, 9.17) is 5.73 Å². The van der Waals surface area contributed by atoms with Crippen molar-refractivity contribution < 1.29 is 0 Å². The highest BCUT2D eigenvalue weighted by molar-refractivity contribution is 7.13. The highest BCUT2D eigenvalue weighted by Gasteiger charge is 2.12. The molecule has 4 nitrogen and oxygen atoms in total. The average molecular weight is 248 g/mol. The Hall–Kier alpha value is -1.62. The van der Waals surface area contributed by atoms with Crippen LogP contribution in [0.15, 0.2) is 17.9 Å². The molecule has 2 aromatic heterocycles. The van der Waals surface area contributed by atoms with E-state index in [0.717, 1.165) is 11.4 Å². The van der Waals surface area contributed by atoms with Gasteiger partial charge in [-0.2, -0.15) is 0 Å². The number of nitrogens with zero attached hydrogens (tertiary/aromatic N) is 3. The maximum absolute atomic E-state index is 5.56. The summed E-state index contributed by atoms with van der Waals surface area (Å²) in [6.45, 7) is 6.43. The van der Waals surface area contributed by atoms with Crippen LogP contribution in [-0.2, 0) is 5.54 Å². The molecule has 0 aromatic carbocycles. The van der Waals surface area contributed by atoms with E-state index in [1.165, 1.54) is 11.3 Å². The molecule has 2 heterocycles. The number of rotatable bonds is 2. The molecule has 90 valence electrons. The van der Waals surface area contributed by atoms with Crippen molar-refractivity contribution in [3.8, 4) is 0 Å². The van der Waals surface area contributed by atoms with Crippen molar-refractivity contribution >= 4 is 28.6 Å². The fourth-order valence-corrected chi connectivity index (χ4v) is 1.87. The minimum Gasteiger partial charge on any atom is -0.375 e. The standard InChI is InChI=1S/C12H16N4S/c1-12(2,3)16-6-9(14-8-16)4-5-10-7-17-11(13)15-10/h4-8H,1-3H3,(H2,13,15). The van der Waals surface area contributed by atoms with Crippen LogP contribution >= 0.6 is 11.3 Å². The molecule has 2 N–H and O–H groups in total. The lowest BCUT2D eigenvalue weighted by molar-refractivity contribution is 0.396. The number of anilines is 1. The zero-order valence-electron chi connectivity index (χ0n) is 10.2. The topological polar surface area (TPSA) is 56.7 Å². The van der Waals surface area contributed by atoms with Gasteiger partial charge in [0, 0.05) is 17.1 Å². The Bertz CT molecular complexity index is 531. The molecular weight excluding hydrogens is 232 g/mol. The van der Waals surface area contributed by atoms with Gasteiger partial charge in [0.25, 0.3) is 0 Å². The molecule has 0 unspecified atom stereocenters. The van der Waals surface area contributed by atoms with Crippen LogP contribution in [0, 0.1) is 0 Å².